The number of rotatable bonds is 5. The van der Waals surface area contributed by atoms with Gasteiger partial charge in [0.25, 0.3) is 0 Å². The van der Waals surface area contributed by atoms with Crippen molar-refractivity contribution in [1.82, 2.24) is 20.2 Å². The van der Waals surface area contributed by atoms with Crippen molar-refractivity contribution in [2.24, 2.45) is 5.92 Å². The van der Waals surface area contributed by atoms with Crippen LogP contribution in [-0.2, 0) is 20.9 Å². The summed E-state index contributed by atoms with van der Waals surface area (Å²) in [5.41, 5.74) is 1.65. The molecule has 3 aliphatic rings. The number of hydrogen-bond donors (Lipinski definition) is 2. The Kier molecular flexibility index (Phi) is 6.91. The number of aryl methyl sites for hydroxylation is 1. The summed E-state index contributed by atoms with van der Waals surface area (Å²) >= 11 is 0. The van der Waals surface area contributed by atoms with Crippen LogP contribution in [0.15, 0.2) is 12.4 Å². The number of carboxylic acid groups (broad SMARTS) is 1. The van der Waals surface area contributed by atoms with E-state index < -0.39 is 12.1 Å². The number of aliphatic carboxylic acids is 1. The topological polar surface area (TPSA) is 105 Å². The maximum Gasteiger partial charge on any atom is 0.490 e. The van der Waals surface area contributed by atoms with Crippen molar-refractivity contribution in [3.8, 4) is 0 Å². The number of carbonyl (C=O) groups excluding carboxylic acids is 1. The monoisotopic (exact) mass is 430 g/mol. The Morgan fingerprint density at radius 1 is 1.27 bits per heavy atom. The van der Waals surface area contributed by atoms with Gasteiger partial charge in [0.15, 0.2) is 0 Å². The molecule has 3 heterocycles. The van der Waals surface area contributed by atoms with E-state index in [2.05, 4.69) is 20.2 Å². The minimum atomic E-state index is -5.08. The number of carboxylic acids is 1. The van der Waals surface area contributed by atoms with E-state index in [9.17, 15) is 18.0 Å². The second-order valence-electron chi connectivity index (χ2n) is 7.86. The van der Waals surface area contributed by atoms with Crippen LogP contribution in [-0.4, -0.2) is 69.4 Å². The van der Waals surface area contributed by atoms with Crippen LogP contribution in [0.3, 0.4) is 0 Å². The third-order valence-corrected chi connectivity index (χ3v) is 5.40. The number of aromatic nitrogens is 2. The summed E-state index contributed by atoms with van der Waals surface area (Å²) in [7, 11) is 0. The molecule has 1 amide bonds. The number of likely N-dealkylation sites (tertiary alicyclic amines) is 1. The number of hydrogen-bond acceptors (Lipinski definition) is 6. The number of nitrogens with zero attached hydrogens (tertiary/aromatic N) is 3. The van der Waals surface area contributed by atoms with E-state index >= 15 is 0 Å². The van der Waals surface area contributed by atoms with Crippen LogP contribution < -0.4 is 5.32 Å². The fourth-order valence-corrected chi connectivity index (χ4v) is 3.66. The lowest BCUT2D eigenvalue weighted by Gasteiger charge is -2.22. The Balaban J connectivity index is 0.000000318. The summed E-state index contributed by atoms with van der Waals surface area (Å²) in [6.07, 6.45) is 2.89. The molecule has 1 aromatic heterocycles. The average molecular weight is 430 g/mol. The molecular weight excluding hydrogens is 405 g/mol. The smallest absolute Gasteiger partial charge is 0.475 e. The Labute approximate surface area is 171 Å². The number of nitrogens with one attached hydrogen (secondary N) is 1. The van der Waals surface area contributed by atoms with Crippen molar-refractivity contribution in [1.29, 1.82) is 0 Å². The number of ether oxygens (including phenoxy) is 1. The zero-order chi connectivity index (χ0) is 21.9. The van der Waals surface area contributed by atoms with Crippen molar-refractivity contribution in [2.75, 3.05) is 13.1 Å². The highest BCUT2D eigenvalue weighted by atomic mass is 19.4. The fraction of sp³-hybridized carbons (Fsp3) is 0.684. The van der Waals surface area contributed by atoms with Crippen molar-refractivity contribution in [3.05, 3.63) is 23.8 Å². The van der Waals surface area contributed by atoms with E-state index in [1.807, 2.05) is 6.92 Å². The van der Waals surface area contributed by atoms with E-state index in [4.69, 9.17) is 14.6 Å². The Morgan fingerprint density at radius 2 is 1.97 bits per heavy atom. The lowest BCUT2D eigenvalue weighted by molar-refractivity contribution is -0.192. The minimum Gasteiger partial charge on any atom is -0.475 e. The van der Waals surface area contributed by atoms with Crippen molar-refractivity contribution < 1.29 is 32.6 Å². The first-order chi connectivity index (χ1) is 14.1. The fourth-order valence-electron chi connectivity index (χ4n) is 3.66. The van der Waals surface area contributed by atoms with Crippen molar-refractivity contribution in [3.63, 3.8) is 0 Å². The van der Waals surface area contributed by atoms with Crippen molar-refractivity contribution in [2.45, 2.75) is 63.6 Å². The molecular formula is C19H25F3N4O4. The Hall–Kier alpha value is -2.27. The molecule has 166 valence electrons. The average Bonchev–Trinajstić information content (AvgIpc) is 3.27. The van der Waals surface area contributed by atoms with Gasteiger partial charge in [-0.3, -0.25) is 19.7 Å². The number of halogens is 3. The van der Waals surface area contributed by atoms with Gasteiger partial charge >= 0.3 is 12.1 Å². The summed E-state index contributed by atoms with van der Waals surface area (Å²) in [5, 5.41) is 10.1. The molecule has 0 spiro atoms. The molecule has 0 unspecified atom stereocenters. The quantitative estimate of drug-likeness (QED) is 0.732. The molecule has 2 N–H and O–H groups in total. The van der Waals surface area contributed by atoms with E-state index in [-0.39, 0.29) is 18.1 Å². The van der Waals surface area contributed by atoms with Gasteiger partial charge < -0.3 is 15.2 Å². The normalized spacial score (nSPS) is 25.9. The summed E-state index contributed by atoms with van der Waals surface area (Å²) in [5.74, 6) is -1.89. The van der Waals surface area contributed by atoms with E-state index in [1.54, 1.807) is 12.4 Å². The molecule has 4 rings (SSSR count). The van der Waals surface area contributed by atoms with Crippen LogP contribution in [0, 0.1) is 12.8 Å². The van der Waals surface area contributed by atoms with Gasteiger partial charge in [0.1, 0.15) is 6.10 Å². The number of amides is 1. The van der Waals surface area contributed by atoms with Crippen molar-refractivity contribution >= 4 is 11.9 Å². The molecule has 2 aliphatic heterocycles. The van der Waals surface area contributed by atoms with Crippen LogP contribution in [0.25, 0.3) is 0 Å². The third kappa shape index (κ3) is 6.11. The standard InChI is InChI=1S/C17H24N4O2.C2HF3O2/c1-11-7-19-13(8-18-11)9-20-17(22)16-6-14-15(23-16)4-5-21(14)10-12-2-3-12;3-2(4,5)1(6)7/h7-8,12,14-16H,2-6,9-10H2,1H3,(H,20,22);(H,6,7)/t14-,15-,16-;/m0./s1. The van der Waals surface area contributed by atoms with Gasteiger partial charge in [-0.15, -0.1) is 0 Å². The van der Waals surface area contributed by atoms with Gasteiger partial charge in [-0.05, 0) is 32.1 Å². The van der Waals surface area contributed by atoms with Crippen LogP contribution in [0.2, 0.25) is 0 Å². The predicted molar refractivity (Wildman–Crippen MR) is 98.3 cm³/mol. The molecule has 1 aliphatic carbocycles. The van der Waals surface area contributed by atoms with Gasteiger partial charge in [0.05, 0.1) is 30.2 Å². The summed E-state index contributed by atoms with van der Waals surface area (Å²) in [6.45, 7) is 4.62. The summed E-state index contributed by atoms with van der Waals surface area (Å²) in [6, 6.07) is 0.436. The lowest BCUT2D eigenvalue weighted by Crippen LogP contribution is -2.37. The van der Waals surface area contributed by atoms with Gasteiger partial charge in [-0.2, -0.15) is 13.2 Å². The van der Waals surface area contributed by atoms with Crippen LogP contribution in [0.5, 0.6) is 0 Å². The van der Waals surface area contributed by atoms with E-state index in [0.717, 1.165) is 36.7 Å². The summed E-state index contributed by atoms with van der Waals surface area (Å²) in [4.78, 5) is 32.2. The zero-order valence-electron chi connectivity index (χ0n) is 16.6. The molecule has 3 atom stereocenters. The molecule has 0 aromatic carbocycles. The van der Waals surface area contributed by atoms with E-state index in [0.29, 0.717) is 12.6 Å². The first-order valence-corrected chi connectivity index (χ1v) is 9.88. The summed E-state index contributed by atoms with van der Waals surface area (Å²) < 4.78 is 37.7. The SMILES string of the molecule is Cc1cnc(CNC(=O)[C@@H]2C[C@H]3[C@H](CCN3CC3CC3)O2)cn1.O=C(O)C(F)(F)F. The second kappa shape index (κ2) is 9.25. The minimum absolute atomic E-state index is 0.0202. The highest BCUT2D eigenvalue weighted by Gasteiger charge is 2.46. The van der Waals surface area contributed by atoms with E-state index in [1.165, 1.54) is 19.4 Å². The Bertz CT molecular complexity index is 755. The molecule has 1 saturated carbocycles. The van der Waals surface area contributed by atoms with Gasteiger partial charge in [-0.1, -0.05) is 0 Å². The van der Waals surface area contributed by atoms with Crippen LogP contribution >= 0.6 is 0 Å². The molecule has 0 radical (unpaired) electrons. The largest absolute Gasteiger partial charge is 0.490 e. The highest BCUT2D eigenvalue weighted by Crippen LogP contribution is 2.37. The molecule has 1 aromatic rings. The molecule has 3 fully saturated rings. The number of fused-ring (bicyclic) bond motifs is 1. The highest BCUT2D eigenvalue weighted by molar-refractivity contribution is 5.81. The maximum absolute atomic E-state index is 12.4. The molecule has 8 nitrogen and oxygen atoms in total. The first kappa shape index (κ1) is 22.4. The molecule has 0 bridgehead atoms. The molecule has 2 saturated heterocycles. The Morgan fingerprint density at radius 3 is 2.53 bits per heavy atom. The number of carbonyl (C=O) groups is 2. The van der Waals surface area contributed by atoms with Crippen LogP contribution in [0.1, 0.15) is 37.1 Å². The lowest BCUT2D eigenvalue weighted by atomic mass is 10.1. The first-order valence-electron chi connectivity index (χ1n) is 9.88. The van der Waals surface area contributed by atoms with Crippen LogP contribution in [0.4, 0.5) is 13.2 Å². The molecule has 11 heteroatoms. The zero-order valence-corrected chi connectivity index (χ0v) is 16.6. The maximum atomic E-state index is 12.4. The molecule has 30 heavy (non-hydrogen) atoms. The van der Waals surface area contributed by atoms with Gasteiger partial charge in [0, 0.05) is 31.7 Å². The predicted octanol–water partition coefficient (Wildman–Crippen LogP) is 1.68. The number of alkyl halides is 3. The van der Waals surface area contributed by atoms with Gasteiger partial charge in [0.2, 0.25) is 5.91 Å². The van der Waals surface area contributed by atoms with Gasteiger partial charge in [-0.25, -0.2) is 4.79 Å². The third-order valence-electron chi connectivity index (χ3n) is 5.40. The second-order valence-corrected chi connectivity index (χ2v) is 7.86.